The molecule has 0 saturated heterocycles. The molecule has 3 aromatic rings. The van der Waals surface area contributed by atoms with E-state index >= 15 is 0 Å². The molecule has 1 heterocycles. The van der Waals surface area contributed by atoms with Gasteiger partial charge in [-0.15, -0.1) is 0 Å². The number of hydrogen-bond donors (Lipinski definition) is 2. The molecule has 0 aliphatic heterocycles. The van der Waals surface area contributed by atoms with Gasteiger partial charge in [-0.05, 0) is 43.3 Å². The fourth-order valence-corrected chi connectivity index (χ4v) is 2.42. The molecule has 0 radical (unpaired) electrons. The van der Waals surface area contributed by atoms with Gasteiger partial charge in [0, 0.05) is 16.8 Å². The highest BCUT2D eigenvalue weighted by molar-refractivity contribution is 6.30. The van der Waals surface area contributed by atoms with Crippen molar-refractivity contribution in [3.8, 4) is 0 Å². The number of esters is 1. The van der Waals surface area contributed by atoms with Gasteiger partial charge in [-0.2, -0.15) is 0 Å². The Morgan fingerprint density at radius 1 is 1.04 bits per heavy atom. The molecule has 1 aromatic heterocycles. The van der Waals surface area contributed by atoms with Crippen LogP contribution in [0.2, 0.25) is 5.02 Å². The molecule has 132 valence electrons. The summed E-state index contributed by atoms with van der Waals surface area (Å²) < 4.78 is 5.08. The third-order valence-electron chi connectivity index (χ3n) is 3.47. The van der Waals surface area contributed by atoms with Crippen molar-refractivity contribution in [3.63, 3.8) is 0 Å². The molecule has 0 aliphatic rings. The van der Waals surface area contributed by atoms with Gasteiger partial charge in [-0.25, -0.2) is 14.8 Å². The number of carbonyl (C=O) groups is 1. The first-order valence-corrected chi connectivity index (χ1v) is 8.41. The second-order valence-corrected chi connectivity index (χ2v) is 5.75. The summed E-state index contributed by atoms with van der Waals surface area (Å²) >= 11 is 5.89. The number of hydrogen-bond acceptors (Lipinski definition) is 6. The van der Waals surface area contributed by atoms with E-state index in [1.54, 1.807) is 43.3 Å². The van der Waals surface area contributed by atoms with Crippen LogP contribution in [0.3, 0.4) is 0 Å². The van der Waals surface area contributed by atoms with E-state index in [2.05, 4.69) is 20.6 Å². The summed E-state index contributed by atoms with van der Waals surface area (Å²) in [4.78, 5) is 20.5. The van der Waals surface area contributed by atoms with Crippen LogP contribution in [-0.2, 0) is 4.74 Å². The maximum absolute atomic E-state index is 12.1. The molecule has 2 N–H and O–H groups in total. The lowest BCUT2D eigenvalue weighted by molar-refractivity contribution is 0.0527. The Hall–Kier alpha value is -3.12. The molecule has 0 aliphatic carbocycles. The monoisotopic (exact) mass is 368 g/mol. The van der Waals surface area contributed by atoms with E-state index in [1.165, 1.54) is 6.33 Å². The summed E-state index contributed by atoms with van der Waals surface area (Å²) in [7, 11) is 0. The lowest BCUT2D eigenvalue weighted by Gasteiger charge is -2.12. The van der Waals surface area contributed by atoms with Crippen LogP contribution >= 0.6 is 11.6 Å². The fourth-order valence-electron chi connectivity index (χ4n) is 2.29. The molecule has 0 amide bonds. The van der Waals surface area contributed by atoms with Gasteiger partial charge in [0.15, 0.2) is 0 Å². The third-order valence-corrected chi connectivity index (χ3v) is 3.72. The zero-order valence-electron chi connectivity index (χ0n) is 14.1. The van der Waals surface area contributed by atoms with Gasteiger partial charge < -0.3 is 15.4 Å². The van der Waals surface area contributed by atoms with Crippen molar-refractivity contribution >= 4 is 40.6 Å². The Morgan fingerprint density at radius 2 is 1.73 bits per heavy atom. The summed E-state index contributed by atoms with van der Waals surface area (Å²) in [5.74, 6) is 0.774. The molecule has 7 heteroatoms. The molecular formula is C19H17ClN4O2. The molecule has 26 heavy (non-hydrogen) atoms. The van der Waals surface area contributed by atoms with Crippen molar-refractivity contribution in [1.29, 1.82) is 0 Å². The van der Waals surface area contributed by atoms with Crippen LogP contribution in [0, 0.1) is 0 Å². The van der Waals surface area contributed by atoms with Gasteiger partial charge in [0.25, 0.3) is 0 Å². The van der Waals surface area contributed by atoms with Gasteiger partial charge in [-0.1, -0.05) is 23.7 Å². The second kappa shape index (κ2) is 8.31. The predicted octanol–water partition coefficient (Wildman–Crippen LogP) is 4.79. The molecule has 0 spiro atoms. The van der Waals surface area contributed by atoms with Crippen LogP contribution in [-0.4, -0.2) is 22.5 Å². The van der Waals surface area contributed by atoms with Gasteiger partial charge >= 0.3 is 5.97 Å². The summed E-state index contributed by atoms with van der Waals surface area (Å²) in [6.07, 6.45) is 1.44. The van der Waals surface area contributed by atoms with Crippen LogP contribution < -0.4 is 10.6 Å². The first-order chi connectivity index (χ1) is 12.7. The zero-order valence-corrected chi connectivity index (χ0v) is 14.8. The third kappa shape index (κ3) is 4.49. The number of halogens is 1. The first kappa shape index (κ1) is 17.7. The van der Waals surface area contributed by atoms with Crippen LogP contribution in [0.1, 0.15) is 17.3 Å². The smallest absolute Gasteiger partial charge is 0.340 e. The zero-order chi connectivity index (χ0) is 18.4. The van der Waals surface area contributed by atoms with Crippen molar-refractivity contribution in [3.05, 3.63) is 71.5 Å². The molecule has 0 atom stereocenters. The van der Waals surface area contributed by atoms with Crippen LogP contribution in [0.15, 0.2) is 60.9 Å². The van der Waals surface area contributed by atoms with Gasteiger partial charge in [-0.3, -0.25) is 0 Å². The van der Waals surface area contributed by atoms with E-state index in [1.807, 2.05) is 18.2 Å². The van der Waals surface area contributed by atoms with Crippen molar-refractivity contribution in [1.82, 2.24) is 9.97 Å². The molecule has 0 fully saturated rings. The lowest BCUT2D eigenvalue weighted by atomic mass is 10.2. The highest BCUT2D eigenvalue weighted by atomic mass is 35.5. The maximum atomic E-state index is 12.1. The molecular weight excluding hydrogens is 352 g/mol. The lowest BCUT2D eigenvalue weighted by Crippen LogP contribution is -2.08. The largest absolute Gasteiger partial charge is 0.462 e. The summed E-state index contributed by atoms with van der Waals surface area (Å²) in [6, 6.07) is 16.1. The number of carbonyl (C=O) groups excluding carboxylic acids is 1. The number of benzene rings is 2. The van der Waals surface area contributed by atoms with Crippen LogP contribution in [0.25, 0.3) is 0 Å². The molecule has 0 unspecified atom stereocenters. The Bertz CT molecular complexity index is 900. The van der Waals surface area contributed by atoms with Crippen LogP contribution in [0.4, 0.5) is 23.0 Å². The SMILES string of the molecule is CCOC(=O)c1ccccc1Nc1cc(Nc2ccc(Cl)cc2)ncn1. The molecule has 6 nitrogen and oxygen atoms in total. The number of anilines is 4. The average molecular weight is 369 g/mol. The summed E-state index contributed by atoms with van der Waals surface area (Å²) in [6.45, 7) is 2.09. The first-order valence-electron chi connectivity index (χ1n) is 8.03. The van der Waals surface area contributed by atoms with E-state index in [-0.39, 0.29) is 5.97 Å². The Kier molecular flexibility index (Phi) is 5.66. The minimum Gasteiger partial charge on any atom is -0.462 e. The number of rotatable bonds is 6. The summed E-state index contributed by atoms with van der Waals surface area (Å²) in [5, 5.41) is 6.97. The topological polar surface area (TPSA) is 76.1 Å². The predicted molar refractivity (Wildman–Crippen MR) is 102 cm³/mol. The van der Waals surface area contributed by atoms with Crippen molar-refractivity contribution < 1.29 is 9.53 Å². The molecule has 2 aromatic carbocycles. The van der Waals surface area contributed by atoms with Crippen molar-refractivity contribution in [2.75, 3.05) is 17.2 Å². The van der Waals surface area contributed by atoms with E-state index in [0.717, 1.165) is 5.69 Å². The maximum Gasteiger partial charge on any atom is 0.340 e. The number of para-hydroxylation sites is 1. The Balaban J connectivity index is 1.79. The van der Waals surface area contributed by atoms with Gasteiger partial charge in [0.05, 0.1) is 17.9 Å². The Labute approximate surface area is 156 Å². The van der Waals surface area contributed by atoms with Gasteiger partial charge in [0.1, 0.15) is 18.0 Å². The van der Waals surface area contributed by atoms with Crippen LogP contribution in [0.5, 0.6) is 0 Å². The Morgan fingerprint density at radius 3 is 2.46 bits per heavy atom. The van der Waals surface area contributed by atoms with Crippen molar-refractivity contribution in [2.24, 2.45) is 0 Å². The number of nitrogens with one attached hydrogen (secondary N) is 2. The average Bonchev–Trinajstić information content (AvgIpc) is 2.65. The van der Waals surface area contributed by atoms with E-state index in [9.17, 15) is 4.79 Å². The summed E-state index contributed by atoms with van der Waals surface area (Å²) in [5.41, 5.74) is 1.91. The minimum atomic E-state index is -0.385. The van der Waals surface area contributed by atoms with Crippen molar-refractivity contribution in [2.45, 2.75) is 6.92 Å². The van der Waals surface area contributed by atoms with E-state index in [4.69, 9.17) is 16.3 Å². The number of aromatic nitrogens is 2. The van der Waals surface area contributed by atoms with E-state index in [0.29, 0.717) is 34.5 Å². The minimum absolute atomic E-state index is 0.315. The second-order valence-electron chi connectivity index (χ2n) is 5.31. The molecule has 0 bridgehead atoms. The quantitative estimate of drug-likeness (QED) is 0.609. The highest BCUT2D eigenvalue weighted by Crippen LogP contribution is 2.23. The number of nitrogens with zero attached hydrogens (tertiary/aromatic N) is 2. The highest BCUT2D eigenvalue weighted by Gasteiger charge is 2.12. The fraction of sp³-hybridized carbons (Fsp3) is 0.105. The normalized spacial score (nSPS) is 10.2. The molecule has 0 saturated carbocycles. The molecule has 3 rings (SSSR count). The number of ether oxygens (including phenoxy) is 1. The van der Waals surface area contributed by atoms with Gasteiger partial charge in [0.2, 0.25) is 0 Å². The van der Waals surface area contributed by atoms with E-state index < -0.39 is 0 Å². The standard InChI is InChI=1S/C19H17ClN4O2/c1-2-26-19(25)15-5-3-4-6-16(15)24-18-11-17(21-12-22-18)23-14-9-7-13(20)8-10-14/h3-12H,2H2,1H3,(H2,21,22,23,24).